The maximum absolute atomic E-state index is 5.36. The molecule has 2 heteroatoms. The lowest BCUT2D eigenvalue weighted by Gasteiger charge is -1.94. The summed E-state index contributed by atoms with van der Waals surface area (Å²) in [6, 6.07) is 5.84. The smallest absolute Gasteiger partial charge is 0.0542 e. The van der Waals surface area contributed by atoms with E-state index in [1.165, 1.54) is 25.7 Å². The molecule has 0 spiro atoms. The monoisotopic (exact) mass is 224 g/mol. The Hall–Kier alpha value is -0.890. The first-order chi connectivity index (χ1) is 7.24. The molecule has 0 radical (unpaired) electrons. The van der Waals surface area contributed by atoms with Crippen molar-refractivity contribution in [3.8, 4) is 0 Å². The van der Waals surface area contributed by atoms with Crippen LogP contribution in [-0.4, -0.2) is 4.98 Å². The SMILES string of the molecule is C.CCCCCC.Cc1cccc(CN)n1. The van der Waals surface area contributed by atoms with E-state index in [-0.39, 0.29) is 7.43 Å². The molecule has 0 aliphatic heterocycles. The molecule has 2 nitrogen and oxygen atoms in total. The first-order valence-electron chi connectivity index (χ1n) is 5.87. The summed E-state index contributed by atoms with van der Waals surface area (Å²) in [4.78, 5) is 4.17. The van der Waals surface area contributed by atoms with Crippen LogP contribution in [0.3, 0.4) is 0 Å². The average Bonchev–Trinajstić information content (AvgIpc) is 2.27. The van der Waals surface area contributed by atoms with Crippen LogP contribution in [0, 0.1) is 6.92 Å². The predicted octanol–water partition coefficient (Wildman–Crippen LogP) is 4.07. The summed E-state index contributed by atoms with van der Waals surface area (Å²) >= 11 is 0. The zero-order valence-corrected chi connectivity index (χ0v) is 10.3. The summed E-state index contributed by atoms with van der Waals surface area (Å²) in [5.74, 6) is 0. The van der Waals surface area contributed by atoms with Crippen molar-refractivity contribution in [3.05, 3.63) is 29.6 Å². The number of aryl methyl sites for hydroxylation is 1. The molecule has 0 bridgehead atoms. The molecule has 94 valence electrons. The van der Waals surface area contributed by atoms with Crippen molar-refractivity contribution in [2.45, 2.75) is 60.4 Å². The highest BCUT2D eigenvalue weighted by molar-refractivity contribution is 5.09. The Morgan fingerprint density at radius 2 is 1.69 bits per heavy atom. The summed E-state index contributed by atoms with van der Waals surface area (Å²) in [6.07, 6.45) is 5.54. The Morgan fingerprint density at radius 1 is 1.12 bits per heavy atom. The second-order valence-electron chi connectivity index (χ2n) is 3.68. The van der Waals surface area contributed by atoms with Crippen molar-refractivity contribution in [2.24, 2.45) is 5.73 Å². The molecule has 0 amide bonds. The van der Waals surface area contributed by atoms with Gasteiger partial charge in [-0.2, -0.15) is 0 Å². The zero-order chi connectivity index (χ0) is 11.5. The number of aromatic nitrogens is 1. The van der Waals surface area contributed by atoms with E-state index in [1.54, 1.807) is 0 Å². The van der Waals surface area contributed by atoms with E-state index in [1.807, 2.05) is 25.1 Å². The fourth-order valence-corrected chi connectivity index (χ4v) is 1.21. The summed E-state index contributed by atoms with van der Waals surface area (Å²) in [5, 5.41) is 0. The molecule has 16 heavy (non-hydrogen) atoms. The van der Waals surface area contributed by atoms with Gasteiger partial charge in [-0.3, -0.25) is 4.98 Å². The van der Waals surface area contributed by atoms with Gasteiger partial charge in [0.2, 0.25) is 0 Å². The van der Waals surface area contributed by atoms with Crippen LogP contribution in [0.1, 0.15) is 58.3 Å². The van der Waals surface area contributed by atoms with Crippen molar-refractivity contribution in [2.75, 3.05) is 0 Å². The van der Waals surface area contributed by atoms with Crippen molar-refractivity contribution in [1.29, 1.82) is 0 Å². The van der Waals surface area contributed by atoms with Gasteiger partial charge in [-0.05, 0) is 19.1 Å². The van der Waals surface area contributed by atoms with Crippen molar-refractivity contribution < 1.29 is 0 Å². The molecule has 0 aliphatic rings. The third-order valence-electron chi connectivity index (χ3n) is 2.11. The quantitative estimate of drug-likeness (QED) is 0.783. The number of unbranched alkanes of at least 4 members (excludes halogenated alkanes) is 3. The Balaban J connectivity index is 0. The number of rotatable bonds is 4. The largest absolute Gasteiger partial charge is 0.325 e. The molecule has 1 rings (SSSR count). The van der Waals surface area contributed by atoms with E-state index in [4.69, 9.17) is 5.73 Å². The van der Waals surface area contributed by atoms with E-state index in [0.717, 1.165) is 11.4 Å². The fourth-order valence-electron chi connectivity index (χ4n) is 1.21. The maximum Gasteiger partial charge on any atom is 0.0542 e. The highest BCUT2D eigenvalue weighted by Gasteiger charge is 1.87. The number of hydrogen-bond acceptors (Lipinski definition) is 2. The minimum absolute atomic E-state index is 0. The molecule has 0 saturated heterocycles. The van der Waals surface area contributed by atoms with E-state index in [2.05, 4.69) is 18.8 Å². The molecule has 0 fully saturated rings. The first-order valence-corrected chi connectivity index (χ1v) is 5.87. The van der Waals surface area contributed by atoms with Crippen LogP contribution in [0.2, 0.25) is 0 Å². The molecule has 2 N–H and O–H groups in total. The Morgan fingerprint density at radius 3 is 2.00 bits per heavy atom. The minimum Gasteiger partial charge on any atom is -0.325 e. The normalized spacial score (nSPS) is 8.75. The van der Waals surface area contributed by atoms with E-state index >= 15 is 0 Å². The third kappa shape index (κ3) is 9.66. The molecule has 0 atom stereocenters. The highest BCUT2D eigenvalue weighted by Crippen LogP contribution is 1.95. The van der Waals surface area contributed by atoms with Crippen LogP contribution in [0.15, 0.2) is 18.2 Å². The molecular weight excluding hydrogens is 196 g/mol. The molecule has 1 aromatic heterocycles. The van der Waals surface area contributed by atoms with Gasteiger partial charge >= 0.3 is 0 Å². The molecule has 0 unspecified atom stereocenters. The summed E-state index contributed by atoms with van der Waals surface area (Å²) in [5.41, 5.74) is 7.34. The van der Waals surface area contributed by atoms with Crippen LogP contribution in [0.5, 0.6) is 0 Å². The Bertz CT molecular complexity index is 242. The number of nitrogens with zero attached hydrogens (tertiary/aromatic N) is 1. The van der Waals surface area contributed by atoms with Gasteiger partial charge in [0.15, 0.2) is 0 Å². The molecule has 0 aliphatic carbocycles. The zero-order valence-electron chi connectivity index (χ0n) is 10.3. The van der Waals surface area contributed by atoms with E-state index < -0.39 is 0 Å². The topological polar surface area (TPSA) is 38.9 Å². The summed E-state index contributed by atoms with van der Waals surface area (Å²) in [7, 11) is 0. The standard InChI is InChI=1S/C7H10N2.C6H14.CH4/c1-6-3-2-4-7(5-8)9-6;1-3-5-6-4-2;/h2-4H,5,8H2,1H3;3-6H2,1-2H3;1H4. The predicted molar refractivity (Wildman–Crippen MR) is 73.4 cm³/mol. The van der Waals surface area contributed by atoms with Crippen molar-refractivity contribution >= 4 is 0 Å². The number of nitrogens with two attached hydrogens (primary N) is 1. The van der Waals surface area contributed by atoms with Crippen LogP contribution in [-0.2, 0) is 6.54 Å². The molecular formula is C14H28N2. The van der Waals surface area contributed by atoms with Crippen LogP contribution < -0.4 is 5.73 Å². The highest BCUT2D eigenvalue weighted by atomic mass is 14.7. The Labute approximate surface area is 101 Å². The van der Waals surface area contributed by atoms with Gasteiger partial charge in [0.05, 0.1) is 5.69 Å². The van der Waals surface area contributed by atoms with Crippen molar-refractivity contribution in [3.63, 3.8) is 0 Å². The van der Waals surface area contributed by atoms with Gasteiger partial charge in [0.25, 0.3) is 0 Å². The second kappa shape index (κ2) is 12.2. The molecule has 0 saturated carbocycles. The lowest BCUT2D eigenvalue weighted by molar-refractivity contribution is 0.702. The van der Waals surface area contributed by atoms with Gasteiger partial charge in [0, 0.05) is 12.2 Å². The average molecular weight is 224 g/mol. The van der Waals surface area contributed by atoms with E-state index in [9.17, 15) is 0 Å². The second-order valence-corrected chi connectivity index (χ2v) is 3.68. The summed E-state index contributed by atoms with van der Waals surface area (Å²) in [6.45, 7) is 6.95. The molecule has 1 aromatic rings. The van der Waals surface area contributed by atoms with Crippen molar-refractivity contribution in [1.82, 2.24) is 4.98 Å². The fraction of sp³-hybridized carbons (Fsp3) is 0.643. The van der Waals surface area contributed by atoms with E-state index in [0.29, 0.717) is 6.54 Å². The van der Waals surface area contributed by atoms with Gasteiger partial charge in [-0.15, -0.1) is 0 Å². The lowest BCUT2D eigenvalue weighted by Crippen LogP contribution is -1.99. The van der Waals surface area contributed by atoms with Crippen LogP contribution in [0.25, 0.3) is 0 Å². The van der Waals surface area contributed by atoms with Gasteiger partial charge < -0.3 is 5.73 Å². The van der Waals surface area contributed by atoms with Crippen LogP contribution >= 0.6 is 0 Å². The third-order valence-corrected chi connectivity index (χ3v) is 2.11. The van der Waals surface area contributed by atoms with Gasteiger partial charge in [-0.1, -0.05) is 53.0 Å². The van der Waals surface area contributed by atoms with Crippen LogP contribution in [0.4, 0.5) is 0 Å². The lowest BCUT2D eigenvalue weighted by atomic mass is 10.2. The number of hydrogen-bond donors (Lipinski definition) is 1. The minimum atomic E-state index is 0. The van der Waals surface area contributed by atoms with Gasteiger partial charge in [0.1, 0.15) is 0 Å². The first kappa shape index (κ1) is 17.5. The Kier molecular flexibility index (Phi) is 13.3. The maximum atomic E-state index is 5.36. The van der Waals surface area contributed by atoms with Gasteiger partial charge in [-0.25, -0.2) is 0 Å². The molecule has 0 aromatic carbocycles. The molecule has 1 heterocycles. The number of pyridine rings is 1. The summed E-state index contributed by atoms with van der Waals surface area (Å²) < 4.78 is 0.